The van der Waals surface area contributed by atoms with Crippen molar-refractivity contribution in [2.75, 3.05) is 13.6 Å². The Bertz CT molecular complexity index is 434. The van der Waals surface area contributed by atoms with Crippen molar-refractivity contribution < 1.29 is 9.53 Å². The monoisotopic (exact) mass is 263 g/mol. The Morgan fingerprint density at radius 2 is 2.11 bits per heavy atom. The van der Waals surface area contributed by atoms with Gasteiger partial charge in [-0.1, -0.05) is 20.8 Å². The van der Waals surface area contributed by atoms with Gasteiger partial charge >= 0.3 is 5.97 Å². The minimum atomic E-state index is 0.110. The van der Waals surface area contributed by atoms with Crippen LogP contribution in [0.3, 0.4) is 0 Å². The summed E-state index contributed by atoms with van der Waals surface area (Å²) in [6.07, 6.45) is 2.69. The van der Waals surface area contributed by atoms with Crippen LogP contribution in [0.15, 0.2) is 0 Å². The van der Waals surface area contributed by atoms with E-state index < -0.39 is 0 Å². The number of ether oxygens (including phenoxy) is 1. The minimum Gasteiger partial charge on any atom is -0.460 e. The molecule has 2 saturated carbocycles. The molecule has 0 unspecified atom stereocenters. The molecule has 3 nitrogen and oxygen atoms in total. The summed E-state index contributed by atoms with van der Waals surface area (Å²) >= 11 is 0. The first kappa shape index (κ1) is 12.2. The maximum Gasteiger partial charge on any atom is 0.310 e. The van der Waals surface area contributed by atoms with Crippen molar-refractivity contribution in [2.45, 2.75) is 45.8 Å². The third-order valence-corrected chi connectivity index (χ3v) is 6.96. The van der Waals surface area contributed by atoms with Crippen LogP contribution in [0.5, 0.6) is 0 Å². The van der Waals surface area contributed by atoms with Crippen LogP contribution < -0.4 is 0 Å². The summed E-state index contributed by atoms with van der Waals surface area (Å²) in [7, 11) is 2.23. The van der Waals surface area contributed by atoms with Crippen molar-refractivity contribution in [3.8, 4) is 0 Å². The summed E-state index contributed by atoms with van der Waals surface area (Å²) < 4.78 is 5.88. The topological polar surface area (TPSA) is 29.5 Å². The van der Waals surface area contributed by atoms with Gasteiger partial charge in [-0.05, 0) is 43.1 Å². The maximum atomic E-state index is 12.4. The molecule has 106 valence electrons. The molecule has 0 N–H and O–H groups in total. The Labute approximate surface area is 115 Å². The van der Waals surface area contributed by atoms with E-state index in [2.05, 4.69) is 32.7 Å². The van der Waals surface area contributed by atoms with Crippen LogP contribution >= 0.6 is 0 Å². The molecule has 7 atom stereocenters. The lowest BCUT2D eigenvalue weighted by molar-refractivity contribution is -0.145. The molecule has 0 radical (unpaired) electrons. The lowest BCUT2D eigenvalue weighted by Crippen LogP contribution is -2.57. The van der Waals surface area contributed by atoms with Gasteiger partial charge in [0, 0.05) is 12.5 Å². The van der Waals surface area contributed by atoms with Gasteiger partial charge < -0.3 is 4.74 Å². The highest BCUT2D eigenvalue weighted by molar-refractivity contribution is 5.77. The molecule has 0 amide bonds. The number of rotatable bonds is 1. The highest BCUT2D eigenvalue weighted by Gasteiger charge is 2.71. The number of carbonyl (C=O) groups is 1. The number of esters is 1. The third-order valence-electron chi connectivity index (χ3n) is 6.96. The Morgan fingerprint density at radius 3 is 2.79 bits per heavy atom. The van der Waals surface area contributed by atoms with E-state index in [9.17, 15) is 4.79 Å². The van der Waals surface area contributed by atoms with E-state index in [0.29, 0.717) is 29.2 Å². The Hall–Kier alpha value is -0.570. The second-order valence-electron chi connectivity index (χ2n) is 7.88. The molecule has 2 saturated heterocycles. The third kappa shape index (κ3) is 1.22. The lowest BCUT2D eigenvalue weighted by atomic mass is 9.55. The van der Waals surface area contributed by atoms with Crippen molar-refractivity contribution in [3.63, 3.8) is 0 Å². The van der Waals surface area contributed by atoms with Crippen molar-refractivity contribution in [1.82, 2.24) is 4.90 Å². The minimum absolute atomic E-state index is 0.110. The van der Waals surface area contributed by atoms with Gasteiger partial charge in [-0.15, -0.1) is 0 Å². The fraction of sp³-hybridized carbons (Fsp3) is 0.938. The van der Waals surface area contributed by atoms with E-state index in [1.807, 2.05) is 0 Å². The van der Waals surface area contributed by atoms with E-state index in [0.717, 1.165) is 5.92 Å². The maximum absolute atomic E-state index is 12.4. The number of hydrogen-bond donors (Lipinski definition) is 0. The van der Waals surface area contributed by atoms with Crippen molar-refractivity contribution in [1.29, 1.82) is 0 Å². The number of likely N-dealkylation sites (tertiary alicyclic amines) is 1. The Balaban J connectivity index is 1.85. The van der Waals surface area contributed by atoms with Gasteiger partial charge in [0.2, 0.25) is 0 Å². The summed E-state index contributed by atoms with van der Waals surface area (Å²) in [4.78, 5) is 14.9. The zero-order chi connectivity index (χ0) is 13.5. The second-order valence-corrected chi connectivity index (χ2v) is 7.88. The molecular weight excluding hydrogens is 238 g/mol. The number of hydrogen-bond acceptors (Lipinski definition) is 3. The highest BCUT2D eigenvalue weighted by atomic mass is 16.6. The smallest absolute Gasteiger partial charge is 0.310 e. The van der Waals surface area contributed by atoms with E-state index in [4.69, 9.17) is 4.74 Å². The van der Waals surface area contributed by atoms with Crippen LogP contribution in [-0.4, -0.2) is 36.6 Å². The number of nitrogens with zero attached hydrogens (tertiary/aromatic N) is 1. The molecule has 2 aliphatic carbocycles. The average molecular weight is 263 g/mol. The molecule has 2 heterocycles. The normalized spacial score (nSPS) is 55.7. The Kier molecular flexibility index (Phi) is 2.27. The molecule has 3 heteroatoms. The average Bonchev–Trinajstić information content (AvgIpc) is 2.86. The van der Waals surface area contributed by atoms with Crippen LogP contribution in [-0.2, 0) is 9.53 Å². The molecule has 0 aromatic heterocycles. The highest BCUT2D eigenvalue weighted by Crippen LogP contribution is 2.66. The quantitative estimate of drug-likeness (QED) is 0.679. The van der Waals surface area contributed by atoms with E-state index >= 15 is 0 Å². The van der Waals surface area contributed by atoms with Gasteiger partial charge in [0.1, 0.15) is 6.10 Å². The molecule has 0 spiro atoms. The Morgan fingerprint density at radius 1 is 1.37 bits per heavy atom. The van der Waals surface area contributed by atoms with Crippen molar-refractivity contribution in [2.24, 2.45) is 35.0 Å². The molecule has 4 aliphatic rings. The fourth-order valence-corrected chi connectivity index (χ4v) is 6.32. The standard InChI is InChI=1S/C16H25NO2/c1-8(2)11-12-10-6-5-9-7-17(4)14(16(9,10)3)13(11)19-15(12)18/h8-14H,5-7H2,1-4H3/t9-,10+,11-,12+,13+,14-,16+/m0/s1. The summed E-state index contributed by atoms with van der Waals surface area (Å²) in [5, 5.41) is 0. The van der Waals surface area contributed by atoms with Gasteiger partial charge in [0.25, 0.3) is 0 Å². The van der Waals surface area contributed by atoms with Crippen LogP contribution in [0.4, 0.5) is 0 Å². The zero-order valence-electron chi connectivity index (χ0n) is 12.4. The fourth-order valence-electron chi connectivity index (χ4n) is 6.32. The molecule has 4 rings (SSSR count). The molecule has 0 aromatic rings. The van der Waals surface area contributed by atoms with Gasteiger partial charge in [-0.25, -0.2) is 0 Å². The molecule has 2 aliphatic heterocycles. The van der Waals surface area contributed by atoms with Gasteiger partial charge in [-0.2, -0.15) is 0 Å². The van der Waals surface area contributed by atoms with Crippen molar-refractivity contribution in [3.05, 3.63) is 0 Å². The molecule has 0 aromatic carbocycles. The zero-order valence-corrected chi connectivity index (χ0v) is 12.4. The first-order valence-corrected chi connectivity index (χ1v) is 7.87. The summed E-state index contributed by atoms with van der Waals surface area (Å²) in [5.41, 5.74) is 0.321. The number of carbonyl (C=O) groups excluding carboxylic acids is 1. The second kappa shape index (κ2) is 3.55. The predicted octanol–water partition coefficient (Wildman–Crippen LogP) is 2.16. The van der Waals surface area contributed by atoms with Crippen LogP contribution in [0, 0.1) is 35.0 Å². The first-order valence-electron chi connectivity index (χ1n) is 7.87. The predicted molar refractivity (Wildman–Crippen MR) is 72.4 cm³/mol. The number of likely N-dealkylation sites (N-methyl/N-ethyl adjacent to an activating group) is 1. The SMILES string of the molecule is CC(C)[C@@H]1[C@H]2OC(=O)[C@@H]1[C@H]1CC[C@H]3CN(C)[C@@H]2[C@]31C. The van der Waals surface area contributed by atoms with Crippen LogP contribution in [0.1, 0.15) is 33.6 Å². The van der Waals surface area contributed by atoms with E-state index in [-0.39, 0.29) is 18.0 Å². The molecule has 19 heavy (non-hydrogen) atoms. The van der Waals surface area contributed by atoms with E-state index in [1.54, 1.807) is 0 Å². The molecule has 2 bridgehead atoms. The van der Waals surface area contributed by atoms with Crippen LogP contribution in [0.25, 0.3) is 0 Å². The van der Waals surface area contributed by atoms with Gasteiger partial charge in [-0.3, -0.25) is 9.69 Å². The van der Waals surface area contributed by atoms with Crippen LogP contribution in [0.2, 0.25) is 0 Å². The largest absolute Gasteiger partial charge is 0.460 e. The van der Waals surface area contributed by atoms with Gasteiger partial charge in [0.05, 0.1) is 12.0 Å². The van der Waals surface area contributed by atoms with E-state index in [1.165, 1.54) is 19.4 Å². The first-order chi connectivity index (χ1) is 8.96. The van der Waals surface area contributed by atoms with Gasteiger partial charge in [0.15, 0.2) is 0 Å². The lowest BCUT2D eigenvalue weighted by Gasteiger charge is -2.49. The van der Waals surface area contributed by atoms with Crippen molar-refractivity contribution >= 4 is 5.97 Å². The summed E-state index contributed by atoms with van der Waals surface area (Å²) in [5.74, 6) is 2.61. The molecular formula is C16H25NO2. The molecule has 4 fully saturated rings. The summed E-state index contributed by atoms with van der Waals surface area (Å²) in [6.45, 7) is 8.17. The number of fused-ring (bicyclic) bond motifs is 4. The summed E-state index contributed by atoms with van der Waals surface area (Å²) in [6, 6.07) is 0.458.